The maximum Gasteiger partial charge on any atom is 0.416 e. The molecule has 1 aromatic rings. The largest absolute Gasteiger partial charge is 0.416 e. The Balaban J connectivity index is 1.90. The third kappa shape index (κ3) is 3.65. The number of alkyl halides is 3. The van der Waals surface area contributed by atoms with Crippen molar-refractivity contribution >= 4 is 6.03 Å². The molecule has 6 heteroatoms. The van der Waals surface area contributed by atoms with Crippen molar-refractivity contribution in [2.75, 3.05) is 0 Å². The maximum absolute atomic E-state index is 12.4. The van der Waals surface area contributed by atoms with Crippen LogP contribution in [0.15, 0.2) is 24.3 Å². The summed E-state index contributed by atoms with van der Waals surface area (Å²) in [5.41, 5.74) is -0.278. The van der Waals surface area contributed by atoms with E-state index in [4.69, 9.17) is 0 Å². The molecule has 98 valence electrons. The van der Waals surface area contributed by atoms with E-state index in [2.05, 4.69) is 10.6 Å². The van der Waals surface area contributed by atoms with E-state index in [0.29, 0.717) is 5.56 Å². The smallest absolute Gasteiger partial charge is 0.335 e. The van der Waals surface area contributed by atoms with Gasteiger partial charge in [-0.25, -0.2) is 4.79 Å². The lowest BCUT2D eigenvalue weighted by atomic mass is 10.1. The summed E-state index contributed by atoms with van der Waals surface area (Å²) in [7, 11) is 0. The summed E-state index contributed by atoms with van der Waals surface area (Å²) in [5.74, 6) is 0. The zero-order valence-electron chi connectivity index (χ0n) is 9.55. The molecule has 2 rings (SSSR count). The highest BCUT2D eigenvalue weighted by molar-refractivity contribution is 5.74. The Bertz CT molecular complexity index is 441. The van der Waals surface area contributed by atoms with E-state index in [1.54, 1.807) is 6.07 Å². The predicted molar refractivity (Wildman–Crippen MR) is 59.8 cm³/mol. The number of nitrogens with one attached hydrogen (secondary N) is 2. The summed E-state index contributed by atoms with van der Waals surface area (Å²) in [6.45, 7) is 0.0858. The van der Waals surface area contributed by atoms with E-state index in [0.717, 1.165) is 25.0 Å². The molecule has 1 aromatic carbocycles. The molecule has 1 aliphatic carbocycles. The van der Waals surface area contributed by atoms with Gasteiger partial charge in [0, 0.05) is 12.6 Å². The van der Waals surface area contributed by atoms with Crippen molar-refractivity contribution in [3.05, 3.63) is 35.4 Å². The molecule has 1 saturated carbocycles. The molecule has 18 heavy (non-hydrogen) atoms. The fourth-order valence-corrected chi connectivity index (χ4v) is 1.50. The number of hydrogen-bond acceptors (Lipinski definition) is 1. The number of benzene rings is 1. The molecule has 0 spiro atoms. The molecule has 0 aromatic heterocycles. The molecule has 2 amide bonds. The second-order valence-corrected chi connectivity index (χ2v) is 4.30. The van der Waals surface area contributed by atoms with E-state index in [-0.39, 0.29) is 18.6 Å². The molecule has 3 nitrogen and oxygen atoms in total. The van der Waals surface area contributed by atoms with Crippen LogP contribution in [0.1, 0.15) is 24.0 Å². The summed E-state index contributed by atoms with van der Waals surface area (Å²) in [6.07, 6.45) is -2.42. The van der Waals surface area contributed by atoms with Crippen LogP contribution in [0.4, 0.5) is 18.0 Å². The number of amides is 2. The van der Waals surface area contributed by atoms with E-state index >= 15 is 0 Å². The summed E-state index contributed by atoms with van der Waals surface area (Å²) in [4.78, 5) is 11.3. The molecular weight excluding hydrogens is 245 g/mol. The third-order valence-corrected chi connectivity index (χ3v) is 2.62. The van der Waals surface area contributed by atoms with Gasteiger partial charge >= 0.3 is 12.2 Å². The Hall–Kier alpha value is -1.72. The normalized spacial score (nSPS) is 15.3. The van der Waals surface area contributed by atoms with Crippen molar-refractivity contribution in [3.63, 3.8) is 0 Å². The van der Waals surface area contributed by atoms with Crippen molar-refractivity contribution in [1.82, 2.24) is 10.6 Å². The lowest BCUT2D eigenvalue weighted by Gasteiger charge is -2.10. The summed E-state index contributed by atoms with van der Waals surface area (Å²) in [5, 5.41) is 5.23. The SMILES string of the molecule is O=C(NCc1cccc(C(F)(F)F)c1)NC1CC1. The first-order valence-electron chi connectivity index (χ1n) is 5.65. The van der Waals surface area contributed by atoms with Gasteiger partial charge in [-0.05, 0) is 30.5 Å². The quantitative estimate of drug-likeness (QED) is 0.859. The zero-order valence-corrected chi connectivity index (χ0v) is 9.55. The fraction of sp³-hybridized carbons (Fsp3) is 0.417. The van der Waals surface area contributed by atoms with Gasteiger partial charge in [0.25, 0.3) is 0 Å². The van der Waals surface area contributed by atoms with Gasteiger partial charge in [0.15, 0.2) is 0 Å². The minimum Gasteiger partial charge on any atom is -0.335 e. The van der Waals surface area contributed by atoms with Gasteiger partial charge in [-0.2, -0.15) is 13.2 Å². The average molecular weight is 258 g/mol. The van der Waals surface area contributed by atoms with E-state index in [9.17, 15) is 18.0 Å². The van der Waals surface area contributed by atoms with Crippen LogP contribution in [-0.4, -0.2) is 12.1 Å². The molecule has 1 fully saturated rings. The lowest BCUT2D eigenvalue weighted by molar-refractivity contribution is -0.137. The van der Waals surface area contributed by atoms with Crippen molar-refractivity contribution in [2.45, 2.75) is 31.6 Å². The maximum atomic E-state index is 12.4. The number of rotatable bonds is 3. The second kappa shape index (κ2) is 4.88. The topological polar surface area (TPSA) is 41.1 Å². The first-order valence-corrected chi connectivity index (χ1v) is 5.65. The Morgan fingerprint density at radius 1 is 1.33 bits per heavy atom. The molecule has 0 bridgehead atoms. The Morgan fingerprint density at radius 2 is 2.06 bits per heavy atom. The number of urea groups is 1. The zero-order chi connectivity index (χ0) is 13.2. The van der Waals surface area contributed by atoms with E-state index in [1.165, 1.54) is 6.07 Å². The van der Waals surface area contributed by atoms with Gasteiger partial charge in [-0.1, -0.05) is 12.1 Å². The Morgan fingerprint density at radius 3 is 2.67 bits per heavy atom. The van der Waals surface area contributed by atoms with Crippen LogP contribution < -0.4 is 10.6 Å². The van der Waals surface area contributed by atoms with Crippen LogP contribution in [0.25, 0.3) is 0 Å². The van der Waals surface area contributed by atoms with Gasteiger partial charge in [0.2, 0.25) is 0 Å². The average Bonchev–Trinajstić information content (AvgIpc) is 3.10. The van der Waals surface area contributed by atoms with Crippen molar-refractivity contribution < 1.29 is 18.0 Å². The highest BCUT2D eigenvalue weighted by Crippen LogP contribution is 2.29. The molecule has 0 unspecified atom stereocenters. The van der Waals surface area contributed by atoms with Crippen LogP contribution >= 0.6 is 0 Å². The first-order chi connectivity index (χ1) is 8.45. The molecular formula is C12H13F3N2O. The predicted octanol–water partition coefficient (Wildman–Crippen LogP) is 2.67. The molecule has 0 aliphatic heterocycles. The molecule has 0 heterocycles. The number of carbonyl (C=O) groups is 1. The van der Waals surface area contributed by atoms with Gasteiger partial charge in [0.1, 0.15) is 0 Å². The van der Waals surface area contributed by atoms with Gasteiger partial charge < -0.3 is 10.6 Å². The molecule has 1 aliphatic rings. The standard InChI is InChI=1S/C12H13F3N2O/c13-12(14,15)9-3-1-2-8(6-9)7-16-11(18)17-10-4-5-10/h1-3,6,10H,4-5,7H2,(H2,16,17,18). The Kier molecular flexibility index (Phi) is 3.45. The Labute approximate surface area is 102 Å². The highest BCUT2D eigenvalue weighted by atomic mass is 19.4. The highest BCUT2D eigenvalue weighted by Gasteiger charge is 2.30. The van der Waals surface area contributed by atoms with Crippen LogP contribution in [0.3, 0.4) is 0 Å². The van der Waals surface area contributed by atoms with Gasteiger partial charge in [-0.3, -0.25) is 0 Å². The molecule has 0 radical (unpaired) electrons. The van der Waals surface area contributed by atoms with Gasteiger partial charge in [0.05, 0.1) is 5.56 Å². The minimum absolute atomic E-state index is 0.0858. The molecule has 2 N–H and O–H groups in total. The van der Waals surface area contributed by atoms with Crippen molar-refractivity contribution in [2.24, 2.45) is 0 Å². The van der Waals surface area contributed by atoms with Crippen molar-refractivity contribution in [1.29, 1.82) is 0 Å². The summed E-state index contributed by atoms with van der Waals surface area (Å²) >= 11 is 0. The van der Waals surface area contributed by atoms with Crippen molar-refractivity contribution in [3.8, 4) is 0 Å². The fourth-order valence-electron chi connectivity index (χ4n) is 1.50. The van der Waals surface area contributed by atoms with Crippen LogP contribution in [0.2, 0.25) is 0 Å². The molecule has 0 atom stereocenters. The minimum atomic E-state index is -4.35. The van der Waals surface area contributed by atoms with E-state index < -0.39 is 11.7 Å². The van der Waals surface area contributed by atoms with Gasteiger partial charge in [-0.15, -0.1) is 0 Å². The number of halogens is 3. The second-order valence-electron chi connectivity index (χ2n) is 4.30. The van der Waals surface area contributed by atoms with Crippen LogP contribution in [-0.2, 0) is 12.7 Å². The van der Waals surface area contributed by atoms with E-state index in [1.807, 2.05) is 0 Å². The number of hydrogen-bond donors (Lipinski definition) is 2. The van der Waals surface area contributed by atoms with Crippen LogP contribution in [0.5, 0.6) is 0 Å². The third-order valence-electron chi connectivity index (χ3n) is 2.62. The molecule has 0 saturated heterocycles. The monoisotopic (exact) mass is 258 g/mol. The van der Waals surface area contributed by atoms with Crippen LogP contribution in [0, 0.1) is 0 Å². The summed E-state index contributed by atoms with van der Waals surface area (Å²) in [6, 6.07) is 4.82. The lowest BCUT2D eigenvalue weighted by Crippen LogP contribution is -2.36. The summed E-state index contributed by atoms with van der Waals surface area (Å²) < 4.78 is 37.3. The first kappa shape index (κ1) is 12.7. The number of carbonyl (C=O) groups excluding carboxylic acids is 1.